The van der Waals surface area contributed by atoms with Crippen LogP contribution >= 0.6 is 22.6 Å². The number of likely N-dealkylation sites (N-methyl/N-ethyl adjacent to an activating group) is 1. The second-order valence-corrected chi connectivity index (χ2v) is 5.32. The van der Waals surface area contributed by atoms with Gasteiger partial charge < -0.3 is 14.7 Å². The van der Waals surface area contributed by atoms with E-state index in [1.807, 2.05) is 18.2 Å². The largest absolute Gasteiger partial charge is 0.479 e. The minimum atomic E-state index is -1.06. The normalized spacial score (nSPS) is 24.1. The van der Waals surface area contributed by atoms with E-state index in [1.54, 1.807) is 13.1 Å². The Morgan fingerprint density at radius 3 is 2.89 bits per heavy atom. The van der Waals surface area contributed by atoms with Crippen molar-refractivity contribution in [1.82, 2.24) is 4.90 Å². The highest BCUT2D eigenvalue weighted by Crippen LogP contribution is 2.29. The number of carbonyl (C=O) groups is 2. The van der Waals surface area contributed by atoms with Gasteiger partial charge in [0, 0.05) is 10.6 Å². The molecule has 0 saturated carbocycles. The highest BCUT2D eigenvalue weighted by Gasteiger charge is 2.40. The fourth-order valence-electron chi connectivity index (χ4n) is 2.01. The summed E-state index contributed by atoms with van der Waals surface area (Å²) >= 11 is 2.15. The molecule has 1 aromatic rings. The van der Waals surface area contributed by atoms with Crippen LogP contribution in [-0.2, 0) is 14.3 Å². The summed E-state index contributed by atoms with van der Waals surface area (Å²) in [7, 11) is 1.60. The molecule has 1 amide bonds. The average molecular weight is 361 g/mol. The van der Waals surface area contributed by atoms with Crippen molar-refractivity contribution in [1.29, 1.82) is 0 Å². The molecule has 18 heavy (non-hydrogen) atoms. The zero-order chi connectivity index (χ0) is 13.3. The van der Waals surface area contributed by atoms with Crippen LogP contribution in [-0.4, -0.2) is 41.6 Å². The van der Waals surface area contributed by atoms with Gasteiger partial charge in [-0.3, -0.25) is 4.79 Å². The molecule has 1 saturated heterocycles. The van der Waals surface area contributed by atoms with Crippen LogP contribution in [0, 0.1) is 3.57 Å². The number of ether oxygens (including phenoxy) is 1. The summed E-state index contributed by atoms with van der Waals surface area (Å²) in [6.07, 6.45) is -1.02. The van der Waals surface area contributed by atoms with Crippen LogP contribution in [0.2, 0.25) is 0 Å². The van der Waals surface area contributed by atoms with E-state index in [4.69, 9.17) is 4.74 Å². The average Bonchev–Trinajstić information content (AvgIpc) is 2.32. The molecule has 96 valence electrons. The second kappa shape index (κ2) is 5.23. The van der Waals surface area contributed by atoms with E-state index < -0.39 is 18.1 Å². The third-order valence-corrected chi connectivity index (χ3v) is 3.59. The molecule has 5 nitrogen and oxygen atoms in total. The molecule has 6 heteroatoms. The van der Waals surface area contributed by atoms with Crippen molar-refractivity contribution >= 4 is 34.5 Å². The Balaban J connectivity index is 2.41. The Morgan fingerprint density at radius 2 is 2.28 bits per heavy atom. The molecule has 2 unspecified atom stereocenters. The summed E-state index contributed by atoms with van der Waals surface area (Å²) in [5.41, 5.74) is 0.768. The van der Waals surface area contributed by atoms with Crippen LogP contribution in [0.25, 0.3) is 0 Å². The zero-order valence-corrected chi connectivity index (χ0v) is 11.8. The summed E-state index contributed by atoms with van der Waals surface area (Å²) in [6.45, 7) is -0.187. The Bertz CT molecular complexity index is 491. The van der Waals surface area contributed by atoms with Gasteiger partial charge >= 0.3 is 5.97 Å². The summed E-state index contributed by atoms with van der Waals surface area (Å²) in [5.74, 6) is -1.27. The zero-order valence-electron chi connectivity index (χ0n) is 9.67. The number of carbonyl (C=O) groups excluding carboxylic acids is 1. The van der Waals surface area contributed by atoms with Crippen molar-refractivity contribution in [2.75, 3.05) is 13.7 Å². The summed E-state index contributed by atoms with van der Waals surface area (Å²) in [6, 6.07) is 6.83. The molecule has 1 aromatic carbocycles. The van der Waals surface area contributed by atoms with E-state index in [2.05, 4.69) is 22.6 Å². The fourth-order valence-corrected chi connectivity index (χ4v) is 2.57. The molecule has 0 aliphatic carbocycles. The van der Waals surface area contributed by atoms with Gasteiger partial charge in [0.25, 0.3) is 0 Å². The number of amides is 1. The first-order chi connectivity index (χ1) is 8.50. The minimum absolute atomic E-state index is 0.187. The van der Waals surface area contributed by atoms with Gasteiger partial charge in [-0.2, -0.15) is 0 Å². The van der Waals surface area contributed by atoms with Crippen molar-refractivity contribution in [3.05, 3.63) is 33.4 Å². The van der Waals surface area contributed by atoms with Gasteiger partial charge in [0.05, 0.1) is 6.04 Å². The van der Waals surface area contributed by atoms with Gasteiger partial charge in [-0.1, -0.05) is 12.1 Å². The Morgan fingerprint density at radius 1 is 1.56 bits per heavy atom. The molecular formula is C12H12INO4. The van der Waals surface area contributed by atoms with Crippen LogP contribution in [0.4, 0.5) is 0 Å². The lowest BCUT2D eigenvalue weighted by molar-refractivity contribution is -0.171. The van der Waals surface area contributed by atoms with Crippen LogP contribution in [0.1, 0.15) is 11.6 Å². The minimum Gasteiger partial charge on any atom is -0.479 e. The molecule has 1 N–H and O–H groups in total. The predicted molar refractivity (Wildman–Crippen MR) is 72.0 cm³/mol. The molecule has 1 aliphatic rings. The number of carboxylic acids is 1. The van der Waals surface area contributed by atoms with E-state index in [-0.39, 0.29) is 12.5 Å². The predicted octanol–water partition coefficient (Wildman–Crippen LogP) is 1.27. The van der Waals surface area contributed by atoms with E-state index in [1.165, 1.54) is 4.90 Å². The maximum atomic E-state index is 11.6. The monoisotopic (exact) mass is 361 g/mol. The number of hydrogen-bond acceptors (Lipinski definition) is 3. The van der Waals surface area contributed by atoms with Gasteiger partial charge in [-0.15, -0.1) is 0 Å². The molecule has 1 aliphatic heterocycles. The number of hydrogen-bond donors (Lipinski definition) is 1. The van der Waals surface area contributed by atoms with Crippen LogP contribution in [0.15, 0.2) is 24.3 Å². The molecule has 0 bridgehead atoms. The van der Waals surface area contributed by atoms with E-state index in [0.29, 0.717) is 0 Å². The molecule has 0 radical (unpaired) electrons. The molecule has 0 spiro atoms. The van der Waals surface area contributed by atoms with Gasteiger partial charge in [-0.25, -0.2) is 4.79 Å². The first kappa shape index (κ1) is 13.3. The van der Waals surface area contributed by atoms with Crippen LogP contribution in [0.3, 0.4) is 0 Å². The van der Waals surface area contributed by atoms with Gasteiger partial charge in [-0.05, 0) is 40.3 Å². The standard InChI is InChI=1S/C12H12INO4/c1-14-9(15)6-18-11(12(16)17)10(14)7-3-2-4-8(13)5-7/h2-5,10-11H,6H2,1H3,(H,16,17). The van der Waals surface area contributed by atoms with Gasteiger partial charge in [0.2, 0.25) is 5.91 Å². The van der Waals surface area contributed by atoms with Crippen molar-refractivity contribution in [3.8, 4) is 0 Å². The van der Waals surface area contributed by atoms with Crippen molar-refractivity contribution < 1.29 is 19.4 Å². The van der Waals surface area contributed by atoms with E-state index in [9.17, 15) is 14.7 Å². The summed E-state index contributed by atoms with van der Waals surface area (Å²) in [5, 5.41) is 9.18. The molecule has 1 fully saturated rings. The number of halogens is 1. The van der Waals surface area contributed by atoms with Gasteiger partial charge in [0.15, 0.2) is 6.10 Å². The van der Waals surface area contributed by atoms with Gasteiger partial charge in [0.1, 0.15) is 6.61 Å². The number of morpholine rings is 1. The quantitative estimate of drug-likeness (QED) is 0.806. The van der Waals surface area contributed by atoms with Crippen molar-refractivity contribution in [3.63, 3.8) is 0 Å². The number of rotatable bonds is 2. The number of nitrogens with zero attached hydrogens (tertiary/aromatic N) is 1. The molecule has 0 aromatic heterocycles. The maximum absolute atomic E-state index is 11.6. The smallest absolute Gasteiger partial charge is 0.335 e. The molecular weight excluding hydrogens is 349 g/mol. The number of aliphatic carboxylic acids is 1. The van der Waals surface area contributed by atoms with E-state index in [0.717, 1.165) is 9.13 Å². The lowest BCUT2D eigenvalue weighted by Crippen LogP contribution is -2.50. The van der Waals surface area contributed by atoms with E-state index >= 15 is 0 Å². The first-order valence-electron chi connectivity index (χ1n) is 5.36. The lowest BCUT2D eigenvalue weighted by atomic mass is 9.98. The second-order valence-electron chi connectivity index (χ2n) is 4.07. The Labute approximate surface area is 118 Å². The third kappa shape index (κ3) is 2.49. The highest BCUT2D eigenvalue weighted by atomic mass is 127. The first-order valence-corrected chi connectivity index (χ1v) is 6.44. The molecule has 2 atom stereocenters. The summed E-state index contributed by atoms with van der Waals surface area (Å²) in [4.78, 5) is 24.3. The topological polar surface area (TPSA) is 66.8 Å². The Kier molecular flexibility index (Phi) is 3.86. The van der Waals surface area contributed by atoms with Crippen molar-refractivity contribution in [2.24, 2.45) is 0 Å². The third-order valence-electron chi connectivity index (χ3n) is 2.92. The highest BCUT2D eigenvalue weighted by molar-refractivity contribution is 14.1. The summed E-state index contributed by atoms with van der Waals surface area (Å²) < 4.78 is 6.12. The number of benzene rings is 1. The Hall–Kier alpha value is -1.15. The molecule has 1 heterocycles. The maximum Gasteiger partial charge on any atom is 0.335 e. The van der Waals surface area contributed by atoms with Crippen LogP contribution < -0.4 is 0 Å². The number of carboxylic acid groups (broad SMARTS) is 1. The van der Waals surface area contributed by atoms with Crippen LogP contribution in [0.5, 0.6) is 0 Å². The fraction of sp³-hybridized carbons (Fsp3) is 0.333. The molecule has 2 rings (SSSR count). The lowest BCUT2D eigenvalue weighted by Gasteiger charge is -2.37. The SMILES string of the molecule is CN1C(=O)COC(C(=O)O)C1c1cccc(I)c1. The van der Waals surface area contributed by atoms with Crippen molar-refractivity contribution in [2.45, 2.75) is 12.1 Å².